The summed E-state index contributed by atoms with van der Waals surface area (Å²) >= 11 is 1.44. The zero-order chi connectivity index (χ0) is 14.5. The van der Waals surface area contributed by atoms with Gasteiger partial charge < -0.3 is 14.3 Å². The molecule has 0 spiro atoms. The van der Waals surface area contributed by atoms with Crippen LogP contribution in [0.4, 0.5) is 0 Å². The van der Waals surface area contributed by atoms with Crippen LogP contribution in [0.3, 0.4) is 0 Å². The van der Waals surface area contributed by atoms with E-state index in [-0.39, 0.29) is 5.56 Å². The first-order valence-corrected chi connectivity index (χ1v) is 7.08. The molecule has 1 heterocycles. The number of carboxylic acid groups (broad SMARTS) is 1. The molecule has 0 radical (unpaired) electrons. The third-order valence-electron chi connectivity index (χ3n) is 2.69. The van der Waals surface area contributed by atoms with Gasteiger partial charge in [0.2, 0.25) is 0 Å². The molecule has 1 aromatic heterocycles. The minimum atomic E-state index is -0.993. The Kier molecular flexibility index (Phi) is 4.68. The molecule has 0 bridgehead atoms. The molecule has 0 atom stereocenters. The number of hydrogen-bond acceptors (Lipinski definition) is 5. The Bertz CT molecular complexity index is 589. The lowest BCUT2D eigenvalue weighted by Crippen LogP contribution is -2.05. The molecule has 5 nitrogen and oxygen atoms in total. The van der Waals surface area contributed by atoms with Crippen molar-refractivity contribution in [2.45, 2.75) is 19.1 Å². The quantitative estimate of drug-likeness (QED) is 0.651. The molecule has 0 aliphatic rings. The van der Waals surface area contributed by atoms with E-state index in [1.165, 1.54) is 17.8 Å². The number of benzene rings is 1. The Morgan fingerprint density at radius 3 is 2.80 bits per heavy atom. The van der Waals surface area contributed by atoms with Crippen molar-refractivity contribution in [3.8, 4) is 5.75 Å². The maximum atomic E-state index is 11.0. The van der Waals surface area contributed by atoms with Crippen LogP contribution < -0.4 is 4.74 Å². The van der Waals surface area contributed by atoms with E-state index < -0.39 is 5.97 Å². The van der Waals surface area contributed by atoms with Gasteiger partial charge in [0.15, 0.2) is 0 Å². The fourth-order valence-corrected chi connectivity index (χ4v) is 2.28. The molecule has 0 saturated carbocycles. The highest BCUT2D eigenvalue weighted by atomic mass is 32.2. The third kappa shape index (κ3) is 3.54. The summed E-state index contributed by atoms with van der Waals surface area (Å²) in [6, 6.07) is 6.58. The molecule has 1 N–H and O–H groups in total. The molecule has 1 aromatic carbocycles. The van der Waals surface area contributed by atoms with E-state index in [1.807, 2.05) is 13.8 Å². The number of ether oxygens (including phenoxy) is 1. The molecular formula is C14H15NO4S. The monoisotopic (exact) mass is 293 g/mol. The first kappa shape index (κ1) is 14.5. The van der Waals surface area contributed by atoms with Crippen molar-refractivity contribution in [2.24, 2.45) is 0 Å². The van der Waals surface area contributed by atoms with Crippen molar-refractivity contribution < 1.29 is 19.1 Å². The van der Waals surface area contributed by atoms with Crippen molar-refractivity contribution >= 4 is 17.7 Å². The first-order valence-electron chi connectivity index (χ1n) is 6.10. The van der Waals surface area contributed by atoms with Gasteiger partial charge in [0.1, 0.15) is 17.1 Å². The number of oxazole rings is 1. The normalized spacial score (nSPS) is 10.5. The maximum Gasteiger partial charge on any atom is 0.339 e. The molecule has 0 amide bonds. The number of aromatic nitrogens is 1. The minimum absolute atomic E-state index is 0.167. The molecule has 0 saturated heterocycles. The van der Waals surface area contributed by atoms with Crippen LogP contribution in [0.5, 0.6) is 5.75 Å². The van der Waals surface area contributed by atoms with E-state index in [0.29, 0.717) is 23.3 Å². The Morgan fingerprint density at radius 1 is 1.40 bits per heavy atom. The lowest BCUT2D eigenvalue weighted by atomic mass is 10.2. The summed E-state index contributed by atoms with van der Waals surface area (Å²) in [4.78, 5) is 15.3. The molecule has 2 aromatic rings. The Morgan fingerprint density at radius 2 is 2.15 bits per heavy atom. The van der Waals surface area contributed by atoms with Crippen molar-refractivity contribution in [2.75, 3.05) is 12.4 Å². The zero-order valence-electron chi connectivity index (χ0n) is 11.3. The van der Waals surface area contributed by atoms with Gasteiger partial charge in [-0.05, 0) is 26.0 Å². The fraction of sp³-hybridized carbons (Fsp3) is 0.286. The largest absolute Gasteiger partial charge is 0.492 e. The SMILES string of the molecule is Cc1nc(SCCOc2ccccc2C(=O)O)oc1C. The topological polar surface area (TPSA) is 72.6 Å². The van der Waals surface area contributed by atoms with Crippen LogP contribution in [0.15, 0.2) is 33.9 Å². The Balaban J connectivity index is 1.86. The maximum absolute atomic E-state index is 11.0. The number of aryl methyl sites for hydroxylation is 2. The van der Waals surface area contributed by atoms with Gasteiger partial charge in [-0.1, -0.05) is 23.9 Å². The highest BCUT2D eigenvalue weighted by Crippen LogP contribution is 2.21. The fourth-order valence-electron chi connectivity index (χ4n) is 1.55. The first-order chi connectivity index (χ1) is 9.58. The molecule has 0 fully saturated rings. The molecule has 2 rings (SSSR count). The minimum Gasteiger partial charge on any atom is -0.492 e. The number of para-hydroxylation sites is 1. The molecule has 106 valence electrons. The van der Waals surface area contributed by atoms with Crippen LogP contribution in [0.1, 0.15) is 21.8 Å². The van der Waals surface area contributed by atoms with Crippen LogP contribution >= 0.6 is 11.8 Å². The summed E-state index contributed by atoms with van der Waals surface area (Å²) in [5.74, 6) is 0.824. The van der Waals surface area contributed by atoms with Gasteiger partial charge in [0.05, 0.1) is 12.3 Å². The molecule has 0 aliphatic heterocycles. The smallest absolute Gasteiger partial charge is 0.339 e. The molecular weight excluding hydrogens is 278 g/mol. The van der Waals surface area contributed by atoms with E-state index in [9.17, 15) is 4.79 Å². The second-order valence-corrected chi connectivity index (χ2v) is 5.17. The highest BCUT2D eigenvalue weighted by molar-refractivity contribution is 7.99. The number of nitrogens with zero attached hydrogens (tertiary/aromatic N) is 1. The van der Waals surface area contributed by atoms with Crippen LogP contribution in [0.25, 0.3) is 0 Å². The van der Waals surface area contributed by atoms with Crippen LogP contribution in [-0.4, -0.2) is 28.4 Å². The highest BCUT2D eigenvalue weighted by Gasteiger charge is 2.10. The Hall–Kier alpha value is -1.95. The predicted molar refractivity (Wildman–Crippen MR) is 75.6 cm³/mol. The summed E-state index contributed by atoms with van der Waals surface area (Å²) in [6.07, 6.45) is 0. The van der Waals surface area contributed by atoms with E-state index in [4.69, 9.17) is 14.3 Å². The predicted octanol–water partition coefficient (Wildman–Crippen LogP) is 3.16. The lowest BCUT2D eigenvalue weighted by Gasteiger charge is -2.07. The third-order valence-corrected chi connectivity index (χ3v) is 3.49. The van der Waals surface area contributed by atoms with Gasteiger partial charge in [-0.3, -0.25) is 0 Å². The number of aromatic carboxylic acids is 1. The van der Waals surface area contributed by atoms with Crippen LogP contribution in [0, 0.1) is 13.8 Å². The van der Waals surface area contributed by atoms with Crippen molar-refractivity contribution in [3.63, 3.8) is 0 Å². The lowest BCUT2D eigenvalue weighted by molar-refractivity contribution is 0.0692. The van der Waals surface area contributed by atoms with Gasteiger partial charge in [-0.25, -0.2) is 9.78 Å². The van der Waals surface area contributed by atoms with Crippen LogP contribution in [-0.2, 0) is 0 Å². The summed E-state index contributed by atoms with van der Waals surface area (Å²) in [5.41, 5.74) is 1.05. The molecule has 0 aliphatic carbocycles. The van der Waals surface area contributed by atoms with E-state index in [0.717, 1.165) is 11.5 Å². The van der Waals surface area contributed by atoms with E-state index in [2.05, 4.69) is 4.98 Å². The number of carboxylic acids is 1. The molecule has 0 unspecified atom stereocenters. The zero-order valence-corrected chi connectivity index (χ0v) is 12.1. The van der Waals surface area contributed by atoms with Crippen molar-refractivity contribution in [3.05, 3.63) is 41.3 Å². The second-order valence-electron chi connectivity index (χ2n) is 4.12. The van der Waals surface area contributed by atoms with Gasteiger partial charge in [-0.2, -0.15) is 0 Å². The van der Waals surface area contributed by atoms with Gasteiger partial charge in [-0.15, -0.1) is 0 Å². The summed E-state index contributed by atoms with van der Waals surface area (Å²) in [7, 11) is 0. The van der Waals surface area contributed by atoms with E-state index >= 15 is 0 Å². The van der Waals surface area contributed by atoms with Gasteiger partial charge in [0.25, 0.3) is 5.22 Å². The number of hydrogen-bond donors (Lipinski definition) is 1. The average Bonchev–Trinajstić information content (AvgIpc) is 2.74. The van der Waals surface area contributed by atoms with Crippen molar-refractivity contribution in [1.82, 2.24) is 4.98 Å². The summed E-state index contributed by atoms with van der Waals surface area (Å²) in [5, 5.41) is 9.63. The van der Waals surface area contributed by atoms with E-state index in [1.54, 1.807) is 18.2 Å². The number of carbonyl (C=O) groups is 1. The average molecular weight is 293 g/mol. The molecule has 6 heteroatoms. The second kappa shape index (κ2) is 6.47. The summed E-state index contributed by atoms with van der Waals surface area (Å²) in [6.45, 7) is 4.14. The van der Waals surface area contributed by atoms with Crippen molar-refractivity contribution in [1.29, 1.82) is 0 Å². The standard InChI is InChI=1S/C14H15NO4S/c1-9-10(2)19-14(15-9)20-8-7-18-12-6-4-3-5-11(12)13(16)17/h3-6H,7-8H2,1-2H3,(H,16,17). The van der Waals surface area contributed by atoms with Gasteiger partial charge >= 0.3 is 5.97 Å². The Labute approximate surface area is 121 Å². The van der Waals surface area contributed by atoms with Crippen LogP contribution in [0.2, 0.25) is 0 Å². The van der Waals surface area contributed by atoms with Gasteiger partial charge in [0, 0.05) is 5.75 Å². The summed E-state index contributed by atoms with van der Waals surface area (Å²) < 4.78 is 10.9. The molecule has 20 heavy (non-hydrogen) atoms. The number of thioether (sulfide) groups is 1. The number of rotatable bonds is 6.